The number of amides is 1. The number of carbonyl (C=O) groups is 1. The standard InChI is InChI=1S/C20H31F2N5O/c1-14(2)25-19(28)13-26-7-9-27(10-8-26)20(23-4)24-12-15(3)17-6-5-16(21)11-18(17)22/h5-6,11,14-15H,7-10,12-13H2,1-4H3,(H,23,24)(H,25,28). The molecule has 0 aromatic heterocycles. The summed E-state index contributed by atoms with van der Waals surface area (Å²) in [6.45, 7) is 9.74. The molecule has 2 N–H and O–H groups in total. The van der Waals surface area contributed by atoms with Crippen LogP contribution in [0.4, 0.5) is 8.78 Å². The van der Waals surface area contributed by atoms with Gasteiger partial charge in [0.1, 0.15) is 11.6 Å². The van der Waals surface area contributed by atoms with Crippen molar-refractivity contribution in [2.24, 2.45) is 4.99 Å². The average Bonchev–Trinajstić information content (AvgIpc) is 2.62. The molecule has 1 heterocycles. The van der Waals surface area contributed by atoms with Crippen molar-refractivity contribution >= 4 is 11.9 Å². The van der Waals surface area contributed by atoms with E-state index >= 15 is 0 Å². The van der Waals surface area contributed by atoms with Gasteiger partial charge in [-0.05, 0) is 25.5 Å². The summed E-state index contributed by atoms with van der Waals surface area (Å²) in [6.07, 6.45) is 0. The molecular formula is C20H31F2N5O. The number of halogens is 2. The lowest BCUT2D eigenvalue weighted by Gasteiger charge is -2.36. The zero-order chi connectivity index (χ0) is 20.7. The Kier molecular flexibility index (Phi) is 8.17. The van der Waals surface area contributed by atoms with Crippen molar-refractivity contribution in [2.75, 3.05) is 46.3 Å². The summed E-state index contributed by atoms with van der Waals surface area (Å²) in [4.78, 5) is 20.5. The molecule has 1 fully saturated rings. The molecule has 156 valence electrons. The summed E-state index contributed by atoms with van der Waals surface area (Å²) in [7, 11) is 1.72. The van der Waals surface area contributed by atoms with E-state index in [0.717, 1.165) is 38.2 Å². The SMILES string of the molecule is CN=C(NCC(C)c1ccc(F)cc1F)N1CCN(CC(=O)NC(C)C)CC1. The molecule has 0 saturated carbocycles. The van der Waals surface area contributed by atoms with E-state index in [1.165, 1.54) is 12.1 Å². The fraction of sp³-hybridized carbons (Fsp3) is 0.600. The molecule has 0 bridgehead atoms. The van der Waals surface area contributed by atoms with Gasteiger partial charge >= 0.3 is 0 Å². The third-order valence-electron chi connectivity index (χ3n) is 4.76. The first-order valence-corrected chi connectivity index (χ1v) is 9.72. The molecule has 1 aliphatic rings. The van der Waals surface area contributed by atoms with Crippen molar-refractivity contribution < 1.29 is 13.6 Å². The number of hydrogen-bond acceptors (Lipinski definition) is 3. The van der Waals surface area contributed by atoms with Crippen LogP contribution in [0.5, 0.6) is 0 Å². The van der Waals surface area contributed by atoms with Gasteiger partial charge in [-0.3, -0.25) is 14.7 Å². The Morgan fingerprint density at radius 2 is 1.86 bits per heavy atom. The molecule has 28 heavy (non-hydrogen) atoms. The van der Waals surface area contributed by atoms with E-state index in [1.54, 1.807) is 7.05 Å². The average molecular weight is 395 g/mol. The first kappa shape index (κ1) is 22.1. The Bertz CT molecular complexity index is 687. The number of guanidine groups is 1. The van der Waals surface area contributed by atoms with E-state index < -0.39 is 11.6 Å². The molecule has 6 nitrogen and oxygen atoms in total. The quantitative estimate of drug-likeness (QED) is 0.570. The minimum Gasteiger partial charge on any atom is -0.356 e. The lowest BCUT2D eigenvalue weighted by atomic mass is 10.0. The molecule has 1 aromatic carbocycles. The Hall–Kier alpha value is -2.22. The maximum atomic E-state index is 13.9. The highest BCUT2D eigenvalue weighted by Crippen LogP contribution is 2.19. The lowest BCUT2D eigenvalue weighted by Crippen LogP contribution is -2.54. The van der Waals surface area contributed by atoms with Gasteiger partial charge in [0, 0.05) is 57.8 Å². The van der Waals surface area contributed by atoms with Crippen LogP contribution in [0.2, 0.25) is 0 Å². The summed E-state index contributed by atoms with van der Waals surface area (Å²) in [6, 6.07) is 3.82. The molecule has 1 aromatic rings. The van der Waals surface area contributed by atoms with Crippen LogP contribution >= 0.6 is 0 Å². The number of hydrogen-bond donors (Lipinski definition) is 2. The van der Waals surface area contributed by atoms with Crippen molar-refractivity contribution in [3.63, 3.8) is 0 Å². The smallest absolute Gasteiger partial charge is 0.234 e. The van der Waals surface area contributed by atoms with Gasteiger partial charge in [-0.2, -0.15) is 0 Å². The van der Waals surface area contributed by atoms with Gasteiger partial charge < -0.3 is 15.5 Å². The second kappa shape index (κ2) is 10.4. The highest BCUT2D eigenvalue weighted by atomic mass is 19.1. The van der Waals surface area contributed by atoms with Gasteiger partial charge in [-0.1, -0.05) is 13.0 Å². The number of aliphatic imine (C=N–C) groups is 1. The third-order valence-corrected chi connectivity index (χ3v) is 4.76. The number of benzene rings is 1. The monoisotopic (exact) mass is 395 g/mol. The molecule has 1 amide bonds. The fourth-order valence-electron chi connectivity index (χ4n) is 3.28. The lowest BCUT2D eigenvalue weighted by molar-refractivity contribution is -0.123. The zero-order valence-electron chi connectivity index (χ0n) is 17.1. The maximum Gasteiger partial charge on any atom is 0.234 e. The van der Waals surface area contributed by atoms with Gasteiger partial charge in [0.15, 0.2) is 5.96 Å². The molecule has 1 atom stereocenters. The van der Waals surface area contributed by atoms with Crippen LogP contribution in [0.1, 0.15) is 32.3 Å². The molecule has 1 saturated heterocycles. The van der Waals surface area contributed by atoms with Crippen molar-refractivity contribution in [3.8, 4) is 0 Å². The Morgan fingerprint density at radius 3 is 2.43 bits per heavy atom. The van der Waals surface area contributed by atoms with Crippen LogP contribution in [-0.2, 0) is 4.79 Å². The van der Waals surface area contributed by atoms with Gasteiger partial charge in [0.25, 0.3) is 0 Å². The minimum absolute atomic E-state index is 0.0427. The van der Waals surface area contributed by atoms with Gasteiger partial charge in [-0.25, -0.2) is 8.78 Å². The summed E-state index contributed by atoms with van der Waals surface area (Å²) >= 11 is 0. The summed E-state index contributed by atoms with van der Waals surface area (Å²) in [5, 5.41) is 6.19. The number of carbonyl (C=O) groups excluding carboxylic acids is 1. The largest absolute Gasteiger partial charge is 0.356 e. The zero-order valence-corrected chi connectivity index (χ0v) is 17.1. The Morgan fingerprint density at radius 1 is 1.18 bits per heavy atom. The van der Waals surface area contributed by atoms with Gasteiger partial charge in [0.2, 0.25) is 5.91 Å². The summed E-state index contributed by atoms with van der Waals surface area (Å²) in [5.74, 6) is -0.435. The van der Waals surface area contributed by atoms with E-state index in [9.17, 15) is 13.6 Å². The topological polar surface area (TPSA) is 60.0 Å². The van der Waals surface area contributed by atoms with Crippen molar-refractivity contribution in [3.05, 3.63) is 35.4 Å². The molecule has 0 radical (unpaired) electrons. The Labute approximate surface area is 166 Å². The van der Waals surface area contributed by atoms with Crippen LogP contribution < -0.4 is 10.6 Å². The van der Waals surface area contributed by atoms with Crippen LogP contribution in [0.25, 0.3) is 0 Å². The number of nitrogens with zero attached hydrogens (tertiary/aromatic N) is 3. The van der Waals surface area contributed by atoms with Crippen molar-refractivity contribution in [2.45, 2.75) is 32.7 Å². The first-order chi connectivity index (χ1) is 13.3. The highest BCUT2D eigenvalue weighted by molar-refractivity contribution is 5.80. The van der Waals surface area contributed by atoms with E-state index in [-0.39, 0.29) is 17.9 Å². The van der Waals surface area contributed by atoms with E-state index in [2.05, 4.69) is 25.4 Å². The molecule has 8 heteroatoms. The molecule has 0 spiro atoms. The van der Waals surface area contributed by atoms with Crippen LogP contribution in [0, 0.1) is 11.6 Å². The summed E-state index contributed by atoms with van der Waals surface area (Å²) in [5.41, 5.74) is 0.477. The molecule has 2 rings (SSSR count). The Balaban J connectivity index is 1.82. The van der Waals surface area contributed by atoms with Crippen LogP contribution in [-0.4, -0.2) is 74.0 Å². The summed E-state index contributed by atoms with van der Waals surface area (Å²) < 4.78 is 27.0. The van der Waals surface area contributed by atoms with Crippen LogP contribution in [0.15, 0.2) is 23.2 Å². The second-order valence-electron chi connectivity index (χ2n) is 7.48. The second-order valence-corrected chi connectivity index (χ2v) is 7.48. The first-order valence-electron chi connectivity index (χ1n) is 9.72. The molecular weight excluding hydrogens is 364 g/mol. The maximum absolute atomic E-state index is 13.9. The minimum atomic E-state index is -0.572. The van der Waals surface area contributed by atoms with Gasteiger partial charge in [-0.15, -0.1) is 0 Å². The van der Waals surface area contributed by atoms with Gasteiger partial charge in [0.05, 0.1) is 6.54 Å². The number of piperazine rings is 1. The predicted molar refractivity (Wildman–Crippen MR) is 107 cm³/mol. The molecule has 0 aliphatic carbocycles. The number of nitrogens with one attached hydrogen (secondary N) is 2. The fourth-order valence-corrected chi connectivity index (χ4v) is 3.28. The van der Waals surface area contributed by atoms with Crippen LogP contribution in [0.3, 0.4) is 0 Å². The number of rotatable bonds is 6. The normalized spacial score (nSPS) is 17.0. The van der Waals surface area contributed by atoms with Crippen molar-refractivity contribution in [1.82, 2.24) is 20.4 Å². The molecule has 1 aliphatic heterocycles. The van der Waals surface area contributed by atoms with E-state index in [0.29, 0.717) is 18.7 Å². The third kappa shape index (κ3) is 6.44. The highest BCUT2D eigenvalue weighted by Gasteiger charge is 2.22. The predicted octanol–water partition coefficient (Wildman–Crippen LogP) is 1.79. The van der Waals surface area contributed by atoms with E-state index in [4.69, 9.17) is 0 Å². The van der Waals surface area contributed by atoms with Crippen molar-refractivity contribution in [1.29, 1.82) is 0 Å². The van der Waals surface area contributed by atoms with E-state index in [1.807, 2.05) is 20.8 Å². The molecule has 1 unspecified atom stereocenters.